The summed E-state index contributed by atoms with van der Waals surface area (Å²) in [7, 11) is 0. The zero-order valence-electron chi connectivity index (χ0n) is 13.6. The van der Waals surface area contributed by atoms with Crippen molar-refractivity contribution in [3.63, 3.8) is 0 Å². The molecule has 4 heteroatoms. The number of thioether (sulfide) groups is 1. The van der Waals surface area contributed by atoms with Gasteiger partial charge in [-0.15, -0.1) is 0 Å². The molecule has 2 aliphatic heterocycles. The maximum Gasteiger partial charge on any atom is 0.243 e. The first-order chi connectivity index (χ1) is 10.1. The molecule has 0 aromatic heterocycles. The van der Waals surface area contributed by atoms with E-state index in [1.807, 2.05) is 0 Å². The minimum atomic E-state index is -0.323. The van der Waals surface area contributed by atoms with Gasteiger partial charge in [0.25, 0.3) is 0 Å². The minimum absolute atomic E-state index is 0.305. The number of hydrogen-bond acceptors (Lipinski definition) is 3. The molecule has 1 amide bonds. The van der Waals surface area contributed by atoms with Crippen LogP contribution in [0.3, 0.4) is 0 Å². The van der Waals surface area contributed by atoms with Gasteiger partial charge < -0.3 is 4.90 Å². The molecule has 3 nitrogen and oxygen atoms in total. The van der Waals surface area contributed by atoms with Crippen molar-refractivity contribution in [1.82, 2.24) is 10.2 Å². The van der Waals surface area contributed by atoms with Crippen molar-refractivity contribution in [2.75, 3.05) is 18.1 Å². The number of carbonyl (C=O) groups excluding carboxylic acids is 1. The van der Waals surface area contributed by atoms with Crippen LogP contribution in [0, 0.1) is 11.8 Å². The highest BCUT2D eigenvalue weighted by atomic mass is 32.2. The van der Waals surface area contributed by atoms with E-state index in [4.69, 9.17) is 0 Å². The van der Waals surface area contributed by atoms with Crippen LogP contribution in [-0.2, 0) is 4.79 Å². The lowest BCUT2D eigenvalue weighted by molar-refractivity contribution is -0.134. The highest BCUT2D eigenvalue weighted by molar-refractivity contribution is 7.99. The third-order valence-corrected chi connectivity index (χ3v) is 6.93. The Balaban J connectivity index is 1.73. The smallest absolute Gasteiger partial charge is 0.243 e. The first kappa shape index (κ1) is 15.7. The van der Waals surface area contributed by atoms with E-state index in [9.17, 15) is 4.79 Å². The molecule has 1 aliphatic carbocycles. The van der Waals surface area contributed by atoms with Crippen molar-refractivity contribution in [3.8, 4) is 0 Å². The van der Waals surface area contributed by atoms with Gasteiger partial charge in [-0.25, -0.2) is 0 Å². The van der Waals surface area contributed by atoms with Crippen molar-refractivity contribution < 1.29 is 4.79 Å². The molecule has 2 saturated heterocycles. The van der Waals surface area contributed by atoms with Gasteiger partial charge in [-0.1, -0.05) is 19.8 Å². The lowest BCUT2D eigenvalue weighted by Gasteiger charge is -2.33. The first-order valence-electron chi connectivity index (χ1n) is 8.80. The quantitative estimate of drug-likeness (QED) is 0.865. The maximum atomic E-state index is 13.0. The Labute approximate surface area is 133 Å². The Hall–Kier alpha value is -0.220. The van der Waals surface area contributed by atoms with Gasteiger partial charge in [0.1, 0.15) is 0 Å². The monoisotopic (exact) mass is 310 g/mol. The highest BCUT2D eigenvalue weighted by Crippen LogP contribution is 2.36. The molecular formula is C17H30N2OS. The standard InChI is InChI=1S/C17H30N2OS/c1-3-17(2)16(20)19(12-13-8-10-21-11-9-13)15(18-17)14-6-4-5-7-14/h13-15,18H,3-12H2,1-2H3. The third-order valence-electron chi connectivity index (χ3n) is 5.88. The van der Waals surface area contributed by atoms with E-state index in [2.05, 4.69) is 35.8 Å². The zero-order chi connectivity index (χ0) is 14.9. The average Bonchev–Trinajstić information content (AvgIpc) is 3.11. The molecule has 0 bridgehead atoms. The van der Waals surface area contributed by atoms with E-state index in [0.29, 0.717) is 18.0 Å². The number of nitrogens with one attached hydrogen (secondary N) is 1. The molecule has 3 fully saturated rings. The lowest BCUT2D eigenvalue weighted by atomic mass is 9.98. The second kappa shape index (κ2) is 6.49. The molecule has 2 atom stereocenters. The van der Waals surface area contributed by atoms with Gasteiger partial charge in [0, 0.05) is 6.54 Å². The molecule has 1 N–H and O–H groups in total. The molecule has 21 heavy (non-hydrogen) atoms. The maximum absolute atomic E-state index is 13.0. The second-order valence-corrected chi connectivity index (χ2v) is 8.56. The topological polar surface area (TPSA) is 32.3 Å². The summed E-state index contributed by atoms with van der Waals surface area (Å²) in [6.07, 6.45) is 9.04. The molecule has 1 saturated carbocycles. The Morgan fingerprint density at radius 1 is 1.24 bits per heavy atom. The normalized spacial score (nSPS) is 35.8. The fourth-order valence-electron chi connectivity index (χ4n) is 4.21. The van der Waals surface area contributed by atoms with Gasteiger partial charge in [-0.3, -0.25) is 10.1 Å². The summed E-state index contributed by atoms with van der Waals surface area (Å²) in [6, 6.07) is 0. The Bertz CT molecular complexity index is 377. The summed E-state index contributed by atoms with van der Waals surface area (Å²) in [5.41, 5.74) is -0.323. The van der Waals surface area contributed by atoms with Gasteiger partial charge >= 0.3 is 0 Å². The molecular weight excluding hydrogens is 280 g/mol. The van der Waals surface area contributed by atoms with Crippen molar-refractivity contribution >= 4 is 17.7 Å². The molecule has 0 spiro atoms. The predicted octanol–water partition coefficient (Wildman–Crippen LogP) is 3.25. The van der Waals surface area contributed by atoms with Crippen LogP contribution in [0.2, 0.25) is 0 Å². The van der Waals surface area contributed by atoms with Crippen LogP contribution in [0.4, 0.5) is 0 Å². The number of nitrogens with zero attached hydrogens (tertiary/aromatic N) is 1. The average molecular weight is 311 g/mol. The van der Waals surface area contributed by atoms with Crippen LogP contribution in [0.1, 0.15) is 58.8 Å². The molecule has 2 unspecified atom stereocenters. The fraction of sp³-hybridized carbons (Fsp3) is 0.941. The van der Waals surface area contributed by atoms with E-state index < -0.39 is 0 Å². The highest BCUT2D eigenvalue weighted by Gasteiger charge is 2.49. The predicted molar refractivity (Wildman–Crippen MR) is 89.3 cm³/mol. The summed E-state index contributed by atoms with van der Waals surface area (Å²) in [5, 5.41) is 3.72. The fourth-order valence-corrected chi connectivity index (χ4v) is 5.42. The van der Waals surface area contributed by atoms with Gasteiger partial charge in [0.15, 0.2) is 0 Å². The molecule has 2 heterocycles. The van der Waals surface area contributed by atoms with Gasteiger partial charge in [0.05, 0.1) is 11.7 Å². The first-order valence-corrected chi connectivity index (χ1v) is 9.96. The Kier molecular flexibility index (Phi) is 4.84. The van der Waals surface area contributed by atoms with Crippen LogP contribution in [0.5, 0.6) is 0 Å². The number of amides is 1. The molecule has 3 aliphatic rings. The van der Waals surface area contributed by atoms with Crippen LogP contribution in [0.25, 0.3) is 0 Å². The van der Waals surface area contributed by atoms with Gasteiger partial charge in [-0.2, -0.15) is 11.8 Å². The summed E-state index contributed by atoms with van der Waals surface area (Å²) in [6.45, 7) is 5.23. The van der Waals surface area contributed by atoms with Crippen molar-refractivity contribution in [1.29, 1.82) is 0 Å². The number of rotatable bonds is 4. The second-order valence-electron chi connectivity index (χ2n) is 7.33. The summed E-state index contributed by atoms with van der Waals surface area (Å²) < 4.78 is 0. The largest absolute Gasteiger partial charge is 0.325 e. The van der Waals surface area contributed by atoms with E-state index in [1.54, 1.807) is 0 Å². The van der Waals surface area contributed by atoms with E-state index in [-0.39, 0.29) is 5.54 Å². The summed E-state index contributed by atoms with van der Waals surface area (Å²) >= 11 is 2.07. The van der Waals surface area contributed by atoms with Crippen LogP contribution >= 0.6 is 11.8 Å². The van der Waals surface area contributed by atoms with Gasteiger partial charge in [-0.05, 0) is 62.4 Å². The minimum Gasteiger partial charge on any atom is -0.325 e. The summed E-state index contributed by atoms with van der Waals surface area (Å²) in [4.78, 5) is 15.2. The van der Waals surface area contributed by atoms with E-state index in [0.717, 1.165) is 18.9 Å². The molecule has 0 aromatic carbocycles. The molecule has 0 aromatic rings. The van der Waals surface area contributed by atoms with E-state index >= 15 is 0 Å². The van der Waals surface area contributed by atoms with E-state index in [1.165, 1.54) is 50.0 Å². The molecule has 3 rings (SSSR count). The van der Waals surface area contributed by atoms with Crippen molar-refractivity contribution in [3.05, 3.63) is 0 Å². The lowest BCUT2D eigenvalue weighted by Crippen LogP contribution is -2.46. The summed E-state index contributed by atoms with van der Waals surface area (Å²) in [5.74, 6) is 4.32. The molecule has 120 valence electrons. The zero-order valence-corrected chi connectivity index (χ0v) is 14.4. The molecule has 0 radical (unpaired) electrons. The number of carbonyl (C=O) groups is 1. The van der Waals surface area contributed by atoms with Crippen LogP contribution in [0.15, 0.2) is 0 Å². The Morgan fingerprint density at radius 2 is 1.90 bits per heavy atom. The SMILES string of the molecule is CCC1(C)NC(C2CCCC2)N(CC2CCSCC2)C1=O. The van der Waals surface area contributed by atoms with Crippen LogP contribution < -0.4 is 5.32 Å². The van der Waals surface area contributed by atoms with Crippen LogP contribution in [-0.4, -0.2) is 40.6 Å². The number of hydrogen-bond donors (Lipinski definition) is 1. The Morgan fingerprint density at radius 3 is 2.52 bits per heavy atom. The van der Waals surface area contributed by atoms with Crippen molar-refractivity contribution in [2.24, 2.45) is 11.8 Å². The van der Waals surface area contributed by atoms with Gasteiger partial charge in [0.2, 0.25) is 5.91 Å². The van der Waals surface area contributed by atoms with Crippen molar-refractivity contribution in [2.45, 2.75) is 70.5 Å². The third kappa shape index (κ3) is 3.12.